The van der Waals surface area contributed by atoms with Crippen molar-refractivity contribution in [3.8, 4) is 11.1 Å². The van der Waals surface area contributed by atoms with Gasteiger partial charge in [-0.15, -0.1) is 0 Å². The molecule has 1 aliphatic rings. The van der Waals surface area contributed by atoms with Crippen molar-refractivity contribution in [1.29, 1.82) is 0 Å². The van der Waals surface area contributed by atoms with Crippen LogP contribution in [0.15, 0.2) is 66.7 Å². The van der Waals surface area contributed by atoms with Crippen LogP contribution in [0.25, 0.3) is 11.1 Å². The molecule has 1 aliphatic heterocycles. The van der Waals surface area contributed by atoms with Crippen LogP contribution in [0.1, 0.15) is 49.2 Å². The molecule has 0 aromatic heterocycles. The van der Waals surface area contributed by atoms with Gasteiger partial charge in [0.05, 0.1) is 6.04 Å². The second-order valence-electron chi connectivity index (χ2n) is 8.39. The van der Waals surface area contributed by atoms with Crippen molar-refractivity contribution >= 4 is 34.8 Å². The summed E-state index contributed by atoms with van der Waals surface area (Å²) in [7, 11) is 0. The number of carbonyl (C=O) groups is 2. The van der Waals surface area contributed by atoms with Gasteiger partial charge in [-0.2, -0.15) is 0 Å². The van der Waals surface area contributed by atoms with E-state index in [4.69, 9.17) is 11.6 Å². The normalized spacial score (nSPS) is 17.3. The summed E-state index contributed by atoms with van der Waals surface area (Å²) < 4.78 is 0. The Hall–Kier alpha value is -3.31. The highest BCUT2D eigenvalue weighted by Gasteiger charge is 2.32. The molecule has 0 bridgehead atoms. The third-order valence-corrected chi connectivity index (χ3v) is 6.27. The van der Waals surface area contributed by atoms with Crippen molar-refractivity contribution < 1.29 is 9.59 Å². The standard InChI is InChI=1S/C27H28ClN3O2/c1-4-29-27(33)20-7-5-19(6-8-20)21-9-14-26-24(16-21)25(15-17(2)31(26)18(3)32)30-23-12-10-22(28)11-13-23/h5-14,16-17,25,30H,4,15H2,1-3H3,(H,29,33)/t17-,25?/m1/s1. The minimum absolute atomic E-state index is 0.0349. The van der Waals surface area contributed by atoms with Crippen LogP contribution >= 0.6 is 11.6 Å². The van der Waals surface area contributed by atoms with Crippen molar-refractivity contribution in [3.63, 3.8) is 0 Å². The third-order valence-electron chi connectivity index (χ3n) is 6.02. The largest absolute Gasteiger partial charge is 0.378 e. The van der Waals surface area contributed by atoms with Crippen LogP contribution in [0.5, 0.6) is 0 Å². The fourth-order valence-corrected chi connectivity index (χ4v) is 4.61. The number of fused-ring (bicyclic) bond motifs is 1. The molecule has 3 aromatic carbocycles. The van der Waals surface area contributed by atoms with E-state index in [0.717, 1.165) is 34.5 Å². The van der Waals surface area contributed by atoms with Gasteiger partial charge < -0.3 is 15.5 Å². The van der Waals surface area contributed by atoms with E-state index in [0.29, 0.717) is 17.1 Å². The van der Waals surface area contributed by atoms with E-state index in [2.05, 4.69) is 23.6 Å². The van der Waals surface area contributed by atoms with Crippen LogP contribution in [-0.2, 0) is 4.79 Å². The van der Waals surface area contributed by atoms with E-state index in [1.54, 1.807) is 6.92 Å². The van der Waals surface area contributed by atoms with E-state index in [1.165, 1.54) is 0 Å². The number of anilines is 2. The molecule has 0 radical (unpaired) electrons. The number of hydrogen-bond acceptors (Lipinski definition) is 3. The predicted molar refractivity (Wildman–Crippen MR) is 135 cm³/mol. The highest BCUT2D eigenvalue weighted by atomic mass is 35.5. The highest BCUT2D eigenvalue weighted by molar-refractivity contribution is 6.30. The number of nitrogens with zero attached hydrogens (tertiary/aromatic N) is 1. The van der Waals surface area contributed by atoms with Crippen molar-refractivity contribution in [2.75, 3.05) is 16.8 Å². The average Bonchev–Trinajstić information content (AvgIpc) is 2.80. The van der Waals surface area contributed by atoms with E-state index in [-0.39, 0.29) is 23.9 Å². The Morgan fingerprint density at radius 2 is 1.67 bits per heavy atom. The summed E-state index contributed by atoms with van der Waals surface area (Å²) in [6.07, 6.45) is 0.786. The van der Waals surface area contributed by atoms with Gasteiger partial charge >= 0.3 is 0 Å². The van der Waals surface area contributed by atoms with E-state index in [1.807, 2.05) is 72.5 Å². The van der Waals surface area contributed by atoms with Crippen molar-refractivity contribution in [3.05, 3.63) is 82.9 Å². The Labute approximate surface area is 199 Å². The number of benzene rings is 3. The zero-order chi connectivity index (χ0) is 23.5. The lowest BCUT2D eigenvalue weighted by molar-refractivity contribution is -0.117. The van der Waals surface area contributed by atoms with Gasteiger partial charge in [0.25, 0.3) is 5.91 Å². The lowest BCUT2D eigenvalue weighted by Crippen LogP contribution is -2.43. The quantitative estimate of drug-likeness (QED) is 0.485. The number of rotatable bonds is 5. The fourth-order valence-electron chi connectivity index (χ4n) is 4.48. The van der Waals surface area contributed by atoms with Crippen molar-refractivity contribution in [1.82, 2.24) is 5.32 Å². The number of halogens is 1. The molecule has 0 fully saturated rings. The molecule has 2 N–H and O–H groups in total. The average molecular weight is 462 g/mol. The summed E-state index contributed by atoms with van der Waals surface area (Å²) in [5, 5.41) is 7.14. The molecule has 6 heteroatoms. The van der Waals surface area contributed by atoms with Gasteiger partial charge in [-0.1, -0.05) is 29.8 Å². The van der Waals surface area contributed by atoms with Gasteiger partial charge in [-0.3, -0.25) is 9.59 Å². The maximum atomic E-state index is 12.4. The van der Waals surface area contributed by atoms with Crippen LogP contribution in [0, 0.1) is 0 Å². The van der Waals surface area contributed by atoms with Crippen LogP contribution in [0.2, 0.25) is 5.02 Å². The van der Waals surface area contributed by atoms with Gasteiger partial charge in [0.2, 0.25) is 5.91 Å². The number of amides is 2. The first-order valence-corrected chi connectivity index (χ1v) is 11.6. The maximum Gasteiger partial charge on any atom is 0.251 e. The van der Waals surface area contributed by atoms with Gasteiger partial charge in [-0.25, -0.2) is 0 Å². The van der Waals surface area contributed by atoms with Crippen LogP contribution < -0.4 is 15.5 Å². The Morgan fingerprint density at radius 3 is 2.30 bits per heavy atom. The third kappa shape index (κ3) is 4.88. The Kier molecular flexibility index (Phi) is 6.70. The van der Waals surface area contributed by atoms with E-state index >= 15 is 0 Å². The minimum atomic E-state index is -0.0761. The smallest absolute Gasteiger partial charge is 0.251 e. The number of carbonyl (C=O) groups excluding carboxylic acids is 2. The zero-order valence-electron chi connectivity index (χ0n) is 19.1. The van der Waals surface area contributed by atoms with Crippen LogP contribution in [0.4, 0.5) is 11.4 Å². The monoisotopic (exact) mass is 461 g/mol. The molecular weight excluding hydrogens is 434 g/mol. The van der Waals surface area contributed by atoms with Gasteiger partial charge in [0.1, 0.15) is 0 Å². The molecule has 3 aromatic rings. The second-order valence-corrected chi connectivity index (χ2v) is 8.82. The maximum absolute atomic E-state index is 12.4. The molecule has 2 amide bonds. The number of hydrogen-bond donors (Lipinski definition) is 2. The molecule has 170 valence electrons. The molecule has 4 rings (SSSR count). The lowest BCUT2D eigenvalue weighted by Gasteiger charge is -2.39. The molecule has 0 spiro atoms. The zero-order valence-corrected chi connectivity index (χ0v) is 19.8. The van der Waals surface area contributed by atoms with Crippen molar-refractivity contribution in [2.45, 2.75) is 39.3 Å². The summed E-state index contributed by atoms with van der Waals surface area (Å²) in [6.45, 7) is 6.19. The Morgan fingerprint density at radius 1 is 1.00 bits per heavy atom. The molecule has 1 heterocycles. The second kappa shape index (κ2) is 9.67. The molecule has 0 saturated heterocycles. The van der Waals surface area contributed by atoms with Crippen molar-refractivity contribution in [2.24, 2.45) is 0 Å². The van der Waals surface area contributed by atoms with Gasteiger partial charge in [0.15, 0.2) is 0 Å². The van der Waals surface area contributed by atoms with E-state index in [9.17, 15) is 9.59 Å². The summed E-state index contributed by atoms with van der Waals surface area (Å²) in [5.74, 6) is -0.0412. The predicted octanol–water partition coefficient (Wildman–Crippen LogP) is 6.06. The minimum Gasteiger partial charge on any atom is -0.378 e. The topological polar surface area (TPSA) is 61.4 Å². The summed E-state index contributed by atoms with van der Waals surface area (Å²) in [5.41, 5.74) is 5.67. The highest BCUT2D eigenvalue weighted by Crippen LogP contribution is 2.41. The molecule has 5 nitrogen and oxygen atoms in total. The van der Waals surface area contributed by atoms with Crippen LogP contribution in [0.3, 0.4) is 0 Å². The first-order valence-electron chi connectivity index (χ1n) is 11.2. The summed E-state index contributed by atoms with van der Waals surface area (Å²) in [6, 6.07) is 21.6. The van der Waals surface area contributed by atoms with E-state index < -0.39 is 0 Å². The first-order chi connectivity index (χ1) is 15.9. The fraction of sp³-hybridized carbons (Fsp3) is 0.259. The molecule has 2 atom stereocenters. The first kappa shape index (κ1) is 22.9. The molecule has 1 unspecified atom stereocenters. The summed E-state index contributed by atoms with van der Waals surface area (Å²) >= 11 is 6.05. The molecule has 0 saturated carbocycles. The van der Waals surface area contributed by atoms with Crippen LogP contribution in [-0.4, -0.2) is 24.4 Å². The Balaban J connectivity index is 1.70. The van der Waals surface area contributed by atoms with Gasteiger partial charge in [0, 0.05) is 41.5 Å². The summed E-state index contributed by atoms with van der Waals surface area (Å²) in [4.78, 5) is 26.4. The number of nitrogens with one attached hydrogen (secondary N) is 2. The Bertz CT molecular complexity index is 1160. The molecule has 0 aliphatic carbocycles. The SMILES string of the molecule is CCNC(=O)c1ccc(-c2ccc3c(c2)C(Nc2ccc(Cl)cc2)C[C@@H](C)N3C(C)=O)cc1. The molecule has 33 heavy (non-hydrogen) atoms. The van der Waals surface area contributed by atoms with Gasteiger partial charge in [-0.05, 0) is 85.5 Å². The lowest BCUT2D eigenvalue weighted by atomic mass is 9.88. The molecular formula is C27H28ClN3O2.